The van der Waals surface area contributed by atoms with Gasteiger partial charge in [0, 0.05) is 22.0 Å². The minimum atomic E-state index is 0. The van der Waals surface area contributed by atoms with Crippen molar-refractivity contribution in [3.63, 3.8) is 0 Å². The molecule has 0 radical (unpaired) electrons. The zero-order valence-corrected chi connectivity index (χ0v) is 12.4. The topological polar surface area (TPSA) is 36.5 Å². The molecule has 0 bridgehead atoms. The Morgan fingerprint density at radius 2 is 2.00 bits per heavy atom. The van der Waals surface area contributed by atoms with E-state index in [-0.39, 0.29) is 27.2 Å². The van der Waals surface area contributed by atoms with E-state index < -0.39 is 0 Å². The number of halogens is 1. The van der Waals surface area contributed by atoms with Gasteiger partial charge >= 0.3 is 21.1 Å². The van der Waals surface area contributed by atoms with E-state index in [1.165, 1.54) is 22.5 Å². The molecule has 1 aliphatic carbocycles. The summed E-state index contributed by atoms with van der Waals surface area (Å²) in [7, 11) is 0. The predicted molar refractivity (Wildman–Crippen MR) is 61.2 cm³/mol. The SMILES string of the molecule is [NH2-].[S-]N1C2=C1c1ccc(Cl)cc1CC2.[W+2]. The fourth-order valence-corrected chi connectivity index (χ4v) is 2.46. The fourth-order valence-electron chi connectivity index (χ4n) is 1.92. The third-order valence-electron chi connectivity index (χ3n) is 2.63. The Morgan fingerprint density at radius 1 is 1.27 bits per heavy atom. The Hall–Kier alpha value is 0.0483. The van der Waals surface area contributed by atoms with Crippen molar-refractivity contribution in [2.45, 2.75) is 12.8 Å². The molecule has 0 unspecified atom stereocenters. The van der Waals surface area contributed by atoms with E-state index in [1.807, 2.05) is 16.4 Å². The molecule has 0 fully saturated rings. The number of allylic oxidation sites excluding steroid dienone is 1. The van der Waals surface area contributed by atoms with Crippen LogP contribution in [-0.2, 0) is 40.3 Å². The van der Waals surface area contributed by atoms with Crippen LogP contribution in [0, 0.1) is 0 Å². The van der Waals surface area contributed by atoms with Gasteiger partial charge in [0.05, 0.1) is 0 Å². The summed E-state index contributed by atoms with van der Waals surface area (Å²) in [6.45, 7) is 0. The third-order valence-corrected chi connectivity index (χ3v) is 3.26. The molecule has 1 aromatic rings. The Kier molecular flexibility index (Phi) is 3.94. The first-order valence-electron chi connectivity index (χ1n) is 4.26. The van der Waals surface area contributed by atoms with Crippen molar-refractivity contribution in [1.82, 2.24) is 4.31 Å². The van der Waals surface area contributed by atoms with Crippen LogP contribution >= 0.6 is 11.6 Å². The minimum absolute atomic E-state index is 0. The average Bonchev–Trinajstić information content (AvgIpc) is 2.77. The van der Waals surface area contributed by atoms with E-state index in [9.17, 15) is 0 Å². The molecule has 0 aromatic heterocycles. The fraction of sp³-hybridized carbons (Fsp3) is 0.200. The number of nitrogens with zero attached hydrogens (tertiary/aromatic N) is 1. The van der Waals surface area contributed by atoms with Crippen molar-refractivity contribution >= 4 is 30.1 Å². The molecule has 15 heavy (non-hydrogen) atoms. The van der Waals surface area contributed by atoms with Gasteiger partial charge in [0.25, 0.3) is 0 Å². The number of benzene rings is 1. The summed E-state index contributed by atoms with van der Waals surface area (Å²) in [6, 6.07) is 6.04. The second-order valence-electron chi connectivity index (χ2n) is 3.39. The Bertz CT molecular complexity index is 433. The van der Waals surface area contributed by atoms with Crippen LogP contribution in [0.2, 0.25) is 5.02 Å². The molecule has 1 heterocycles. The number of hydrogen-bond donors (Lipinski definition) is 0. The molecule has 1 aromatic carbocycles. The number of aryl methyl sites for hydroxylation is 1. The molecule has 0 saturated carbocycles. The second kappa shape index (κ2) is 4.50. The molecular weight excluding hydrogens is 399 g/mol. The number of fused-ring (bicyclic) bond motifs is 2. The van der Waals surface area contributed by atoms with Gasteiger partial charge in [-0.05, 0) is 30.5 Å². The number of hydrogen-bond acceptors (Lipinski definition) is 2. The summed E-state index contributed by atoms with van der Waals surface area (Å²) in [5, 5.41) is 0.819. The Labute approximate surface area is 114 Å². The van der Waals surface area contributed by atoms with Crippen LogP contribution in [0.1, 0.15) is 17.5 Å². The monoisotopic (exact) mass is 408 g/mol. The molecule has 2 nitrogen and oxygen atoms in total. The maximum atomic E-state index is 5.92. The Morgan fingerprint density at radius 3 is 2.73 bits per heavy atom. The molecule has 0 saturated heterocycles. The van der Waals surface area contributed by atoms with Gasteiger partial charge in [-0.1, -0.05) is 17.7 Å². The average molecular weight is 409 g/mol. The van der Waals surface area contributed by atoms with E-state index in [4.69, 9.17) is 24.4 Å². The summed E-state index contributed by atoms with van der Waals surface area (Å²) in [6.07, 6.45) is 2.15. The van der Waals surface area contributed by atoms with Crippen molar-refractivity contribution in [1.29, 1.82) is 0 Å². The molecule has 3 rings (SSSR count). The van der Waals surface area contributed by atoms with Crippen LogP contribution in [0.3, 0.4) is 0 Å². The van der Waals surface area contributed by atoms with Crippen molar-refractivity contribution in [2.24, 2.45) is 0 Å². The van der Waals surface area contributed by atoms with Gasteiger partial charge in [-0.15, -0.1) is 0 Å². The predicted octanol–water partition coefficient (Wildman–Crippen LogP) is 3.45. The molecule has 5 heteroatoms. The first-order valence-corrected chi connectivity index (χ1v) is 5.01. The molecule has 0 atom stereocenters. The second-order valence-corrected chi connectivity index (χ2v) is 4.19. The maximum Gasteiger partial charge on any atom is 2.00 e. The number of rotatable bonds is 0. The van der Waals surface area contributed by atoms with Crippen molar-refractivity contribution in [2.75, 3.05) is 0 Å². The third kappa shape index (κ3) is 1.99. The molecular formula is C10H9ClN2SW. The van der Waals surface area contributed by atoms with Crippen molar-refractivity contribution < 1.29 is 21.1 Å². The molecule has 0 amide bonds. The molecule has 2 aliphatic rings. The molecule has 1 aliphatic heterocycles. The van der Waals surface area contributed by atoms with E-state index in [0.717, 1.165) is 17.9 Å². The van der Waals surface area contributed by atoms with E-state index in [1.54, 1.807) is 0 Å². The van der Waals surface area contributed by atoms with Crippen molar-refractivity contribution in [3.05, 3.63) is 46.2 Å². The Balaban J connectivity index is 0.000000562. The van der Waals surface area contributed by atoms with Gasteiger partial charge in [-0.25, -0.2) is 0 Å². The van der Waals surface area contributed by atoms with E-state index >= 15 is 0 Å². The molecule has 2 N–H and O–H groups in total. The molecule has 78 valence electrons. The van der Waals surface area contributed by atoms with Gasteiger partial charge in [0.1, 0.15) is 0 Å². The van der Waals surface area contributed by atoms with E-state index in [2.05, 4.69) is 6.07 Å². The largest absolute Gasteiger partial charge is 2.00 e. The number of nitrogens with two attached hydrogens (primary N) is 1. The maximum absolute atomic E-state index is 5.92. The van der Waals surface area contributed by atoms with Gasteiger partial charge in [-0.2, -0.15) is 0 Å². The van der Waals surface area contributed by atoms with Crippen LogP contribution in [0.25, 0.3) is 11.8 Å². The smallest absolute Gasteiger partial charge is 0.693 e. The first-order chi connectivity index (χ1) is 6.27. The minimum Gasteiger partial charge on any atom is -0.693 e. The summed E-state index contributed by atoms with van der Waals surface area (Å²) >= 11 is 11.1. The summed E-state index contributed by atoms with van der Waals surface area (Å²) in [5.74, 6) is 0. The molecule has 0 spiro atoms. The quantitative estimate of drug-likeness (QED) is 0.617. The van der Waals surface area contributed by atoms with Crippen LogP contribution < -0.4 is 0 Å². The first kappa shape index (κ1) is 13.1. The van der Waals surface area contributed by atoms with E-state index in [0.29, 0.717) is 0 Å². The zero-order chi connectivity index (χ0) is 9.00. The van der Waals surface area contributed by atoms with Crippen LogP contribution in [0.4, 0.5) is 0 Å². The van der Waals surface area contributed by atoms with Gasteiger partial charge in [-0.3, -0.25) is 0 Å². The van der Waals surface area contributed by atoms with Crippen LogP contribution in [0.15, 0.2) is 23.9 Å². The van der Waals surface area contributed by atoms with Gasteiger partial charge < -0.3 is 23.3 Å². The summed E-state index contributed by atoms with van der Waals surface area (Å²) in [5.41, 5.74) is 5.18. The van der Waals surface area contributed by atoms with Crippen molar-refractivity contribution in [3.8, 4) is 0 Å². The summed E-state index contributed by atoms with van der Waals surface area (Å²) < 4.78 is 1.86. The van der Waals surface area contributed by atoms with Gasteiger partial charge in [0.15, 0.2) is 0 Å². The normalized spacial score (nSPS) is 16.0. The van der Waals surface area contributed by atoms with Gasteiger partial charge in [0.2, 0.25) is 0 Å². The van der Waals surface area contributed by atoms with Crippen LogP contribution in [0.5, 0.6) is 0 Å². The standard InChI is InChI=1S/C10H7ClNS.H2N.W/c11-7-2-3-8-6(5-7)1-4-9-10(8)12(9)13;;/h2-3,5H,1,4H2;1H2;/q2*-1;+2. The summed E-state index contributed by atoms with van der Waals surface area (Å²) in [4.78, 5) is 0. The zero-order valence-electron chi connectivity index (χ0n) is 7.87. The van der Waals surface area contributed by atoms with Crippen LogP contribution in [-0.4, -0.2) is 4.31 Å².